The van der Waals surface area contributed by atoms with Crippen LogP contribution >= 0.6 is 0 Å². The fourth-order valence-electron chi connectivity index (χ4n) is 3.34. The summed E-state index contributed by atoms with van der Waals surface area (Å²) in [4.78, 5) is 36.7. The largest absolute Gasteiger partial charge is 0.468 e. The standard InChI is InChI=1S/C20H30N2O6/c1-19(2,3)28-18(24)21-20(14-27-26-5)11-16(17(23)25-4)22(13-20)12-15-9-7-6-8-10-15/h6-10,16H,11-14H2,1-5H3,(H,21,24)/t16-,20+/m1/s1. The zero-order chi connectivity index (χ0) is 20.8. The molecule has 1 saturated heterocycles. The molecular formula is C20H30N2O6. The van der Waals surface area contributed by atoms with Gasteiger partial charge in [0, 0.05) is 19.5 Å². The number of nitrogens with one attached hydrogen (secondary N) is 1. The molecule has 0 bridgehead atoms. The number of carbonyl (C=O) groups is 2. The van der Waals surface area contributed by atoms with Crippen molar-refractivity contribution in [1.82, 2.24) is 10.2 Å². The van der Waals surface area contributed by atoms with Crippen molar-refractivity contribution < 1.29 is 28.8 Å². The minimum Gasteiger partial charge on any atom is -0.468 e. The maximum Gasteiger partial charge on any atom is 0.408 e. The second-order valence-corrected chi connectivity index (χ2v) is 7.97. The number of hydrogen-bond acceptors (Lipinski definition) is 7. The van der Waals surface area contributed by atoms with Gasteiger partial charge < -0.3 is 14.8 Å². The summed E-state index contributed by atoms with van der Waals surface area (Å²) in [5.41, 5.74) is -0.444. The third-order valence-electron chi connectivity index (χ3n) is 4.45. The topological polar surface area (TPSA) is 86.3 Å². The molecule has 1 fully saturated rings. The first-order valence-corrected chi connectivity index (χ1v) is 9.20. The molecule has 1 aromatic carbocycles. The maximum absolute atomic E-state index is 12.4. The Kier molecular flexibility index (Phi) is 7.40. The summed E-state index contributed by atoms with van der Waals surface area (Å²) in [5.74, 6) is -0.360. The van der Waals surface area contributed by atoms with Gasteiger partial charge in [0.25, 0.3) is 0 Å². The highest BCUT2D eigenvalue weighted by Crippen LogP contribution is 2.30. The van der Waals surface area contributed by atoms with Crippen LogP contribution in [0.1, 0.15) is 32.8 Å². The van der Waals surface area contributed by atoms with Crippen molar-refractivity contribution in [1.29, 1.82) is 0 Å². The maximum atomic E-state index is 12.4. The predicted octanol–water partition coefficient (Wildman–Crippen LogP) is 2.28. The van der Waals surface area contributed by atoms with E-state index in [1.165, 1.54) is 14.2 Å². The molecule has 2 atom stereocenters. The molecule has 1 aromatic rings. The summed E-state index contributed by atoms with van der Waals surface area (Å²) in [6, 6.07) is 9.27. The number of nitrogens with zero attached hydrogens (tertiary/aromatic N) is 1. The molecule has 0 spiro atoms. The minimum absolute atomic E-state index is 0.0710. The summed E-state index contributed by atoms with van der Waals surface area (Å²) < 4.78 is 10.4. The molecule has 0 radical (unpaired) electrons. The lowest BCUT2D eigenvalue weighted by molar-refractivity contribution is -0.282. The van der Waals surface area contributed by atoms with Crippen LogP contribution in [0.2, 0.25) is 0 Å². The number of ether oxygens (including phenoxy) is 2. The van der Waals surface area contributed by atoms with E-state index in [-0.39, 0.29) is 12.6 Å². The van der Waals surface area contributed by atoms with E-state index in [1.807, 2.05) is 35.2 Å². The second-order valence-electron chi connectivity index (χ2n) is 7.97. The molecule has 0 unspecified atom stereocenters. The predicted molar refractivity (Wildman–Crippen MR) is 102 cm³/mol. The van der Waals surface area contributed by atoms with Crippen molar-refractivity contribution in [2.24, 2.45) is 0 Å². The molecule has 156 valence electrons. The van der Waals surface area contributed by atoms with Crippen LogP contribution in [0.25, 0.3) is 0 Å². The Bertz CT molecular complexity index is 660. The third-order valence-corrected chi connectivity index (χ3v) is 4.45. The summed E-state index contributed by atoms with van der Waals surface area (Å²) in [7, 11) is 2.76. The number of methoxy groups -OCH3 is 1. The SMILES string of the molecule is COOC[C@]1(NC(=O)OC(C)(C)C)C[C@H](C(=O)OC)N(Cc2ccccc2)C1. The summed E-state index contributed by atoms with van der Waals surface area (Å²) in [5, 5.41) is 2.89. The zero-order valence-electron chi connectivity index (χ0n) is 17.2. The van der Waals surface area contributed by atoms with Crippen molar-refractivity contribution in [2.45, 2.75) is 50.9 Å². The first-order chi connectivity index (χ1) is 13.2. The van der Waals surface area contributed by atoms with E-state index in [9.17, 15) is 9.59 Å². The Morgan fingerprint density at radius 2 is 1.89 bits per heavy atom. The highest BCUT2D eigenvalue weighted by atomic mass is 17.2. The van der Waals surface area contributed by atoms with E-state index in [2.05, 4.69) is 5.32 Å². The van der Waals surface area contributed by atoms with Crippen molar-refractivity contribution in [3.63, 3.8) is 0 Å². The molecule has 1 aliphatic heterocycles. The monoisotopic (exact) mass is 394 g/mol. The van der Waals surface area contributed by atoms with Crippen LogP contribution in [0.3, 0.4) is 0 Å². The quantitative estimate of drug-likeness (QED) is 0.431. The van der Waals surface area contributed by atoms with Gasteiger partial charge in [0.05, 0.1) is 19.8 Å². The molecule has 1 heterocycles. The number of esters is 1. The lowest BCUT2D eigenvalue weighted by Gasteiger charge is -2.31. The van der Waals surface area contributed by atoms with E-state index < -0.39 is 23.3 Å². The Labute approximate surface area is 166 Å². The van der Waals surface area contributed by atoms with Crippen LogP contribution in [-0.4, -0.2) is 61.5 Å². The Morgan fingerprint density at radius 1 is 1.21 bits per heavy atom. The smallest absolute Gasteiger partial charge is 0.408 e. The molecule has 8 nitrogen and oxygen atoms in total. The number of alkyl carbamates (subject to hydrolysis) is 1. The van der Waals surface area contributed by atoms with E-state index in [4.69, 9.17) is 19.2 Å². The van der Waals surface area contributed by atoms with Gasteiger partial charge in [0.1, 0.15) is 18.2 Å². The molecule has 0 aliphatic carbocycles. The van der Waals surface area contributed by atoms with Gasteiger partial charge in [-0.05, 0) is 26.3 Å². The molecule has 28 heavy (non-hydrogen) atoms. The van der Waals surface area contributed by atoms with Gasteiger partial charge >= 0.3 is 12.1 Å². The third kappa shape index (κ3) is 6.19. The Balaban J connectivity index is 2.23. The fraction of sp³-hybridized carbons (Fsp3) is 0.600. The van der Waals surface area contributed by atoms with Crippen LogP contribution in [0.15, 0.2) is 30.3 Å². The number of rotatable bonds is 7. The van der Waals surface area contributed by atoms with Gasteiger partial charge in [0.2, 0.25) is 0 Å². The lowest BCUT2D eigenvalue weighted by atomic mass is 9.97. The highest BCUT2D eigenvalue weighted by molar-refractivity contribution is 5.77. The van der Waals surface area contributed by atoms with Crippen molar-refractivity contribution in [2.75, 3.05) is 27.4 Å². The van der Waals surface area contributed by atoms with Crippen LogP contribution in [-0.2, 0) is 30.6 Å². The van der Waals surface area contributed by atoms with Crippen molar-refractivity contribution in [3.05, 3.63) is 35.9 Å². The first-order valence-electron chi connectivity index (χ1n) is 9.20. The molecule has 2 rings (SSSR count). The summed E-state index contributed by atoms with van der Waals surface area (Å²) >= 11 is 0. The molecule has 1 N–H and O–H groups in total. The van der Waals surface area contributed by atoms with Crippen LogP contribution in [0.4, 0.5) is 4.79 Å². The van der Waals surface area contributed by atoms with Crippen molar-refractivity contribution >= 4 is 12.1 Å². The molecule has 1 aliphatic rings. The van der Waals surface area contributed by atoms with Gasteiger partial charge in [0.15, 0.2) is 0 Å². The normalized spacial score (nSPS) is 22.7. The van der Waals surface area contributed by atoms with Gasteiger partial charge in [-0.2, -0.15) is 0 Å². The lowest BCUT2D eigenvalue weighted by Crippen LogP contribution is -2.54. The average molecular weight is 394 g/mol. The van der Waals surface area contributed by atoms with Gasteiger partial charge in [-0.1, -0.05) is 30.3 Å². The van der Waals surface area contributed by atoms with Gasteiger partial charge in [-0.3, -0.25) is 9.69 Å². The van der Waals surface area contributed by atoms with Crippen LogP contribution < -0.4 is 5.32 Å². The Morgan fingerprint density at radius 3 is 2.46 bits per heavy atom. The Hall–Kier alpha value is -2.16. The number of likely N-dealkylation sites (tertiary alicyclic amines) is 1. The van der Waals surface area contributed by atoms with E-state index >= 15 is 0 Å². The zero-order valence-corrected chi connectivity index (χ0v) is 17.2. The number of carbonyl (C=O) groups excluding carboxylic acids is 2. The van der Waals surface area contributed by atoms with Crippen molar-refractivity contribution in [3.8, 4) is 0 Å². The fourth-order valence-corrected chi connectivity index (χ4v) is 3.34. The highest BCUT2D eigenvalue weighted by Gasteiger charge is 2.49. The number of hydrogen-bond donors (Lipinski definition) is 1. The molecule has 0 aromatic heterocycles. The molecular weight excluding hydrogens is 364 g/mol. The van der Waals surface area contributed by atoms with Crippen LogP contribution in [0, 0.1) is 0 Å². The van der Waals surface area contributed by atoms with Gasteiger partial charge in [-0.25, -0.2) is 14.6 Å². The summed E-state index contributed by atoms with van der Waals surface area (Å²) in [6.07, 6.45) is -0.257. The first kappa shape index (κ1) is 22.1. The number of benzene rings is 1. The van der Waals surface area contributed by atoms with Crippen LogP contribution in [0.5, 0.6) is 0 Å². The molecule has 8 heteroatoms. The second kappa shape index (κ2) is 9.36. The minimum atomic E-state index is -0.855. The van der Waals surface area contributed by atoms with E-state index in [0.29, 0.717) is 19.5 Å². The summed E-state index contributed by atoms with van der Waals surface area (Å²) in [6.45, 7) is 6.35. The van der Waals surface area contributed by atoms with E-state index in [1.54, 1.807) is 20.8 Å². The number of amides is 1. The molecule has 1 amide bonds. The average Bonchev–Trinajstić information content (AvgIpc) is 2.96. The molecule has 0 saturated carbocycles. The van der Waals surface area contributed by atoms with E-state index in [0.717, 1.165) is 5.56 Å². The van der Waals surface area contributed by atoms with Gasteiger partial charge in [-0.15, -0.1) is 0 Å².